The third kappa shape index (κ3) is 15.4. The minimum Gasteiger partial charge on any atom is -0.744 e. The lowest BCUT2D eigenvalue weighted by atomic mass is 10.1. The first kappa shape index (κ1) is 49.1. The second-order valence-corrected chi connectivity index (χ2v) is 17.6. The van der Waals surface area contributed by atoms with Crippen molar-refractivity contribution in [1.82, 2.24) is 0 Å². The molecule has 2 heterocycles. The van der Waals surface area contributed by atoms with Gasteiger partial charge in [0.25, 0.3) is 5.91 Å². The van der Waals surface area contributed by atoms with Gasteiger partial charge in [0.2, 0.25) is 5.91 Å². The van der Waals surface area contributed by atoms with Crippen molar-refractivity contribution in [2.24, 2.45) is 14.1 Å². The van der Waals surface area contributed by atoms with E-state index in [-0.39, 0.29) is 21.6 Å². The van der Waals surface area contributed by atoms with E-state index in [1.54, 1.807) is 78.9 Å². The highest BCUT2D eigenvalue weighted by molar-refractivity contribution is 7.86. The van der Waals surface area contributed by atoms with Crippen LogP contribution in [0.2, 0.25) is 0 Å². The third-order valence-corrected chi connectivity index (χ3v) is 11.1. The maximum Gasteiger partial charge on any atom is 0.255 e. The number of rotatable bonds is 11. The molecule has 0 aliphatic carbocycles. The number of carbonyl (C=O) groups excluding carboxylic acids is 2. The molecule has 18 heteroatoms. The molecule has 0 atom stereocenters. The molecule has 2 amide bonds. The van der Waals surface area contributed by atoms with Crippen LogP contribution in [0.3, 0.4) is 0 Å². The van der Waals surface area contributed by atoms with Gasteiger partial charge in [-0.25, -0.2) is 26.0 Å². The summed E-state index contributed by atoms with van der Waals surface area (Å²) in [6, 6.07) is 36.9. The van der Waals surface area contributed by atoms with Crippen molar-refractivity contribution in [3.8, 4) is 0 Å². The standard InChI is InChI=1S/C34H32N8O2.2C7H8O3S/c1-41-17-13-25(14-18-41)37-31-10-8-27(21-29(31)35)39-33(43)12-5-23-3-6-24(7-4-23)34(44)40-28-9-11-32(30(36)22-28)38-26-15-19-42(2)20-16-26;2*1-6-2-4-7(5-3-6)11(8,9)10/h3-22H,35-36H2,1-2H3,(H2,39,40,43,44);2*2-5H,1H3,(H,8,9,10)/b12-5+;;. The number of anilines is 8. The number of benzene rings is 5. The Balaban J connectivity index is 0.000000301. The SMILES string of the molecule is C[n+]1ccc(Nc2ccc(NC(=O)/C=C/c3ccc(C(=O)Nc4ccc(Nc5cc[n+](C)cc5)c(N)c4)cc3)cc2N)cc1.Cc1ccc(S(=O)(=O)[O-])cc1.Cc1ccc(S(=O)(=O)[O-])cc1. The lowest BCUT2D eigenvalue weighted by Gasteiger charge is -2.11. The summed E-state index contributed by atoms with van der Waals surface area (Å²) in [6.07, 6.45) is 10.8. The monoisotopic (exact) mass is 928 g/mol. The summed E-state index contributed by atoms with van der Waals surface area (Å²) < 4.78 is 66.2. The molecule has 0 fully saturated rings. The average molecular weight is 929 g/mol. The molecule has 0 aliphatic heterocycles. The third-order valence-electron chi connectivity index (χ3n) is 9.36. The summed E-state index contributed by atoms with van der Waals surface area (Å²) >= 11 is 0. The predicted molar refractivity (Wildman–Crippen MR) is 254 cm³/mol. The summed E-state index contributed by atoms with van der Waals surface area (Å²) in [5.74, 6) is -0.579. The molecule has 0 radical (unpaired) electrons. The molecule has 16 nitrogen and oxygen atoms in total. The molecule has 0 unspecified atom stereocenters. The maximum absolute atomic E-state index is 12.8. The molecule has 0 saturated heterocycles. The molecule has 340 valence electrons. The van der Waals surface area contributed by atoms with E-state index in [0.29, 0.717) is 28.3 Å². The highest BCUT2D eigenvalue weighted by Crippen LogP contribution is 2.27. The lowest BCUT2D eigenvalue weighted by molar-refractivity contribution is -0.671. The van der Waals surface area contributed by atoms with Crippen LogP contribution in [-0.2, 0) is 39.1 Å². The Labute approximate surface area is 383 Å². The smallest absolute Gasteiger partial charge is 0.255 e. The van der Waals surface area contributed by atoms with Crippen LogP contribution in [0.4, 0.5) is 45.5 Å². The average Bonchev–Trinajstić information content (AvgIpc) is 3.26. The van der Waals surface area contributed by atoms with Crippen molar-refractivity contribution in [1.29, 1.82) is 0 Å². The molecular formula is C48H48N8O8S2. The van der Waals surface area contributed by atoms with Gasteiger partial charge < -0.3 is 41.8 Å². The summed E-state index contributed by atoms with van der Waals surface area (Å²) in [4.78, 5) is 25.0. The number of nitrogen functional groups attached to an aromatic ring is 2. The van der Waals surface area contributed by atoms with Gasteiger partial charge in [-0.2, -0.15) is 0 Å². The number of aryl methyl sites for hydroxylation is 4. The van der Waals surface area contributed by atoms with Gasteiger partial charge >= 0.3 is 0 Å². The molecular weight excluding hydrogens is 881 g/mol. The molecule has 0 spiro atoms. The molecule has 66 heavy (non-hydrogen) atoms. The number of aromatic nitrogens is 2. The van der Waals surface area contributed by atoms with Crippen LogP contribution in [0.1, 0.15) is 27.0 Å². The molecule has 7 rings (SSSR count). The van der Waals surface area contributed by atoms with Gasteiger partial charge in [-0.1, -0.05) is 47.5 Å². The Morgan fingerprint density at radius 1 is 0.530 bits per heavy atom. The van der Waals surface area contributed by atoms with Gasteiger partial charge in [-0.3, -0.25) is 9.59 Å². The lowest BCUT2D eigenvalue weighted by Crippen LogP contribution is -2.25. The van der Waals surface area contributed by atoms with E-state index in [2.05, 4.69) is 21.3 Å². The zero-order valence-corrected chi connectivity index (χ0v) is 37.9. The van der Waals surface area contributed by atoms with E-state index in [1.165, 1.54) is 30.3 Å². The second-order valence-electron chi connectivity index (χ2n) is 14.8. The van der Waals surface area contributed by atoms with Crippen LogP contribution in [0.25, 0.3) is 6.08 Å². The summed E-state index contributed by atoms with van der Waals surface area (Å²) in [5, 5.41) is 12.2. The fourth-order valence-corrected chi connectivity index (χ4v) is 6.64. The molecule has 5 aromatic carbocycles. The largest absolute Gasteiger partial charge is 0.744 e. The Hall–Kier alpha value is -7.90. The predicted octanol–water partition coefficient (Wildman–Crippen LogP) is 6.69. The Bertz CT molecular complexity index is 2970. The number of hydrogen-bond acceptors (Lipinski definition) is 12. The Morgan fingerprint density at radius 2 is 0.924 bits per heavy atom. The topological polar surface area (TPSA) is 256 Å². The maximum atomic E-state index is 12.8. The van der Waals surface area contributed by atoms with Gasteiger partial charge in [0.15, 0.2) is 24.8 Å². The first-order chi connectivity index (χ1) is 31.2. The number of nitrogens with two attached hydrogens (primary N) is 2. The minimum absolute atomic E-state index is 0.178. The van der Waals surface area contributed by atoms with Gasteiger partial charge in [-0.05, 0) is 98.3 Å². The Morgan fingerprint density at radius 3 is 1.30 bits per heavy atom. The fraction of sp³-hybridized carbons (Fsp3) is 0.0833. The molecule has 0 saturated carbocycles. The zero-order valence-electron chi connectivity index (χ0n) is 36.3. The van der Waals surface area contributed by atoms with E-state index in [9.17, 15) is 35.5 Å². The van der Waals surface area contributed by atoms with Gasteiger partial charge in [-0.15, -0.1) is 0 Å². The molecule has 7 aromatic rings. The first-order valence-corrected chi connectivity index (χ1v) is 22.7. The van der Waals surface area contributed by atoms with Crippen molar-refractivity contribution < 1.29 is 44.7 Å². The minimum atomic E-state index is -4.27. The van der Waals surface area contributed by atoms with Gasteiger partial charge in [0.05, 0.1) is 43.9 Å². The molecule has 0 bridgehead atoms. The van der Waals surface area contributed by atoms with E-state index in [1.807, 2.05) is 98.3 Å². The normalized spacial score (nSPS) is 11.0. The van der Waals surface area contributed by atoms with Gasteiger partial charge in [0.1, 0.15) is 34.3 Å². The highest BCUT2D eigenvalue weighted by Gasteiger charge is 2.10. The second kappa shape index (κ2) is 22.1. The van der Waals surface area contributed by atoms with Crippen LogP contribution in [0.15, 0.2) is 174 Å². The number of hydrogen-bond donors (Lipinski definition) is 6. The van der Waals surface area contributed by atoms with Crippen LogP contribution in [0, 0.1) is 13.8 Å². The van der Waals surface area contributed by atoms with E-state index >= 15 is 0 Å². The molecule has 2 aromatic heterocycles. The summed E-state index contributed by atoms with van der Waals surface area (Å²) in [5.41, 5.74) is 21.0. The Kier molecular flexibility index (Phi) is 16.5. The molecule has 8 N–H and O–H groups in total. The fourth-order valence-electron chi connectivity index (χ4n) is 5.70. The van der Waals surface area contributed by atoms with Crippen LogP contribution < -0.4 is 41.9 Å². The van der Waals surface area contributed by atoms with Crippen LogP contribution in [-0.4, -0.2) is 37.8 Å². The number of carbonyl (C=O) groups is 2. The zero-order chi connectivity index (χ0) is 48.0. The van der Waals surface area contributed by atoms with Gasteiger partial charge in [0, 0.05) is 47.3 Å². The quantitative estimate of drug-likeness (QED) is 0.0343. The molecule has 0 aliphatic rings. The van der Waals surface area contributed by atoms with Crippen LogP contribution in [0.5, 0.6) is 0 Å². The number of nitrogens with zero attached hydrogens (tertiary/aromatic N) is 2. The number of pyridine rings is 2. The number of nitrogens with one attached hydrogen (secondary N) is 4. The first-order valence-electron chi connectivity index (χ1n) is 19.9. The van der Waals surface area contributed by atoms with E-state index in [0.717, 1.165) is 39.4 Å². The highest BCUT2D eigenvalue weighted by atomic mass is 32.2. The van der Waals surface area contributed by atoms with Crippen molar-refractivity contribution in [2.75, 3.05) is 32.7 Å². The van der Waals surface area contributed by atoms with Crippen LogP contribution >= 0.6 is 0 Å². The van der Waals surface area contributed by atoms with Crippen molar-refractivity contribution >= 4 is 83.6 Å². The number of amides is 2. The van der Waals surface area contributed by atoms with Crippen molar-refractivity contribution in [3.63, 3.8) is 0 Å². The van der Waals surface area contributed by atoms with E-state index < -0.39 is 20.2 Å². The van der Waals surface area contributed by atoms with Crippen molar-refractivity contribution in [2.45, 2.75) is 23.6 Å². The van der Waals surface area contributed by atoms with Crippen molar-refractivity contribution in [3.05, 3.63) is 187 Å². The van der Waals surface area contributed by atoms with E-state index in [4.69, 9.17) is 11.5 Å². The summed E-state index contributed by atoms with van der Waals surface area (Å²) in [6.45, 7) is 3.64. The summed E-state index contributed by atoms with van der Waals surface area (Å²) in [7, 11) is -4.65.